The van der Waals surface area contributed by atoms with Crippen molar-refractivity contribution in [3.8, 4) is 0 Å². The Kier molecular flexibility index (Phi) is 3.94. The fourth-order valence-corrected chi connectivity index (χ4v) is 2.79. The summed E-state index contributed by atoms with van der Waals surface area (Å²) in [6.07, 6.45) is 1.84. The summed E-state index contributed by atoms with van der Waals surface area (Å²) in [7, 11) is 4.13. The molecule has 3 rings (SSSR count). The number of aryl methyl sites for hydroxylation is 2. The zero-order valence-electron chi connectivity index (χ0n) is 13.7. The van der Waals surface area contributed by atoms with Gasteiger partial charge in [0.25, 0.3) is 0 Å². The standard InChI is InChI=1S/C18H22N4/c1-13-7-5-6-8-15(13)11-22-16(12-21(3)4)20-18-17(22)14(2)9-10-19-18/h5-10H,11-12H2,1-4H3. The average molecular weight is 294 g/mol. The third-order valence-electron chi connectivity index (χ3n) is 3.97. The van der Waals surface area contributed by atoms with Crippen LogP contribution in [0.5, 0.6) is 0 Å². The van der Waals surface area contributed by atoms with E-state index in [0.717, 1.165) is 30.1 Å². The monoisotopic (exact) mass is 294 g/mol. The van der Waals surface area contributed by atoms with Crippen LogP contribution in [0.15, 0.2) is 36.5 Å². The van der Waals surface area contributed by atoms with Crippen LogP contribution >= 0.6 is 0 Å². The highest BCUT2D eigenvalue weighted by atomic mass is 15.2. The van der Waals surface area contributed by atoms with Crippen LogP contribution in [0.4, 0.5) is 0 Å². The van der Waals surface area contributed by atoms with E-state index in [4.69, 9.17) is 4.98 Å². The van der Waals surface area contributed by atoms with Gasteiger partial charge in [-0.25, -0.2) is 9.97 Å². The molecule has 3 aromatic rings. The van der Waals surface area contributed by atoms with E-state index >= 15 is 0 Å². The smallest absolute Gasteiger partial charge is 0.178 e. The second-order valence-electron chi connectivity index (χ2n) is 6.08. The zero-order valence-corrected chi connectivity index (χ0v) is 13.7. The topological polar surface area (TPSA) is 34.0 Å². The third kappa shape index (κ3) is 2.74. The van der Waals surface area contributed by atoms with Crippen molar-refractivity contribution in [1.82, 2.24) is 19.4 Å². The Bertz CT molecular complexity index is 802. The molecule has 2 aromatic heterocycles. The van der Waals surface area contributed by atoms with Gasteiger partial charge in [0.15, 0.2) is 5.65 Å². The van der Waals surface area contributed by atoms with Gasteiger partial charge in [-0.05, 0) is 50.7 Å². The molecule has 0 amide bonds. The molecular weight excluding hydrogens is 272 g/mol. The molecular formula is C18H22N4. The number of hydrogen-bond acceptors (Lipinski definition) is 3. The number of nitrogens with zero attached hydrogens (tertiary/aromatic N) is 4. The Morgan fingerprint density at radius 3 is 2.55 bits per heavy atom. The predicted molar refractivity (Wildman–Crippen MR) is 89.9 cm³/mol. The molecule has 0 aliphatic heterocycles. The van der Waals surface area contributed by atoms with Gasteiger partial charge in [0.1, 0.15) is 5.82 Å². The first-order valence-corrected chi connectivity index (χ1v) is 7.56. The van der Waals surface area contributed by atoms with Crippen molar-refractivity contribution in [1.29, 1.82) is 0 Å². The summed E-state index contributed by atoms with van der Waals surface area (Å²) in [6.45, 7) is 5.92. The predicted octanol–water partition coefficient (Wildman–Crippen LogP) is 3.16. The van der Waals surface area contributed by atoms with Crippen LogP contribution in [0, 0.1) is 13.8 Å². The van der Waals surface area contributed by atoms with Crippen molar-refractivity contribution < 1.29 is 0 Å². The lowest BCUT2D eigenvalue weighted by atomic mass is 10.1. The SMILES string of the molecule is Cc1ccccc1Cn1c(CN(C)C)nc2nccc(C)c21. The van der Waals surface area contributed by atoms with Gasteiger partial charge in [0.05, 0.1) is 12.1 Å². The summed E-state index contributed by atoms with van der Waals surface area (Å²) in [5.41, 5.74) is 5.83. The first kappa shape index (κ1) is 14.7. The van der Waals surface area contributed by atoms with Gasteiger partial charge in [-0.15, -0.1) is 0 Å². The number of benzene rings is 1. The molecule has 0 fully saturated rings. The quantitative estimate of drug-likeness (QED) is 0.741. The average Bonchev–Trinajstić information content (AvgIpc) is 2.79. The Morgan fingerprint density at radius 2 is 1.82 bits per heavy atom. The molecule has 0 unspecified atom stereocenters. The van der Waals surface area contributed by atoms with Crippen LogP contribution in [0.3, 0.4) is 0 Å². The van der Waals surface area contributed by atoms with Crippen molar-refractivity contribution in [3.63, 3.8) is 0 Å². The minimum Gasteiger partial charge on any atom is -0.321 e. The van der Waals surface area contributed by atoms with Gasteiger partial charge in [-0.2, -0.15) is 0 Å². The van der Waals surface area contributed by atoms with Gasteiger partial charge < -0.3 is 9.47 Å². The molecule has 0 aliphatic rings. The summed E-state index contributed by atoms with van der Waals surface area (Å²) >= 11 is 0. The normalized spacial score (nSPS) is 11.5. The summed E-state index contributed by atoms with van der Waals surface area (Å²) in [5, 5.41) is 0. The van der Waals surface area contributed by atoms with Crippen LogP contribution in [0.2, 0.25) is 0 Å². The van der Waals surface area contributed by atoms with Crippen LogP contribution in [-0.2, 0) is 13.1 Å². The van der Waals surface area contributed by atoms with E-state index < -0.39 is 0 Å². The van der Waals surface area contributed by atoms with Gasteiger partial charge in [-0.1, -0.05) is 24.3 Å². The van der Waals surface area contributed by atoms with E-state index in [-0.39, 0.29) is 0 Å². The van der Waals surface area contributed by atoms with Gasteiger partial charge >= 0.3 is 0 Å². The van der Waals surface area contributed by atoms with Crippen LogP contribution < -0.4 is 0 Å². The molecule has 2 heterocycles. The second kappa shape index (κ2) is 5.89. The molecule has 0 saturated carbocycles. The first-order valence-electron chi connectivity index (χ1n) is 7.56. The number of pyridine rings is 1. The molecule has 0 N–H and O–H groups in total. The fraction of sp³-hybridized carbons (Fsp3) is 0.333. The lowest BCUT2D eigenvalue weighted by molar-refractivity contribution is 0.384. The molecule has 0 bridgehead atoms. The van der Waals surface area contributed by atoms with Gasteiger partial charge in [0, 0.05) is 12.7 Å². The van der Waals surface area contributed by atoms with E-state index in [2.05, 4.69) is 72.7 Å². The Balaban J connectivity index is 2.15. The highest BCUT2D eigenvalue weighted by Gasteiger charge is 2.15. The molecule has 114 valence electrons. The number of aromatic nitrogens is 3. The zero-order chi connectivity index (χ0) is 15.7. The van der Waals surface area contributed by atoms with E-state index in [0.29, 0.717) is 0 Å². The Morgan fingerprint density at radius 1 is 1.05 bits per heavy atom. The second-order valence-corrected chi connectivity index (χ2v) is 6.08. The van der Waals surface area contributed by atoms with Gasteiger partial charge in [-0.3, -0.25) is 0 Å². The maximum atomic E-state index is 4.75. The molecule has 0 radical (unpaired) electrons. The fourth-order valence-electron chi connectivity index (χ4n) is 2.79. The maximum absolute atomic E-state index is 4.75. The minimum atomic E-state index is 0.807. The largest absolute Gasteiger partial charge is 0.321 e. The van der Waals surface area contributed by atoms with Crippen molar-refractivity contribution in [2.45, 2.75) is 26.9 Å². The van der Waals surface area contributed by atoms with Crippen LogP contribution in [-0.4, -0.2) is 33.5 Å². The number of hydrogen-bond donors (Lipinski definition) is 0. The van der Waals surface area contributed by atoms with E-state index in [9.17, 15) is 0 Å². The van der Waals surface area contributed by atoms with Crippen LogP contribution in [0.1, 0.15) is 22.5 Å². The molecule has 22 heavy (non-hydrogen) atoms. The Labute approximate surface area is 131 Å². The lowest BCUT2D eigenvalue weighted by Crippen LogP contribution is -2.16. The molecule has 0 saturated heterocycles. The maximum Gasteiger partial charge on any atom is 0.178 e. The summed E-state index contributed by atoms with van der Waals surface area (Å²) in [5.74, 6) is 1.06. The molecule has 4 heteroatoms. The van der Waals surface area contributed by atoms with Crippen molar-refractivity contribution >= 4 is 11.2 Å². The molecule has 0 atom stereocenters. The van der Waals surface area contributed by atoms with Crippen LogP contribution in [0.25, 0.3) is 11.2 Å². The summed E-state index contributed by atoms with van der Waals surface area (Å²) < 4.78 is 2.31. The first-order chi connectivity index (χ1) is 10.6. The molecule has 0 spiro atoms. The van der Waals surface area contributed by atoms with E-state index in [1.165, 1.54) is 16.7 Å². The molecule has 1 aromatic carbocycles. The Hall–Kier alpha value is -2.20. The number of rotatable bonds is 4. The molecule has 4 nitrogen and oxygen atoms in total. The minimum absolute atomic E-state index is 0.807. The third-order valence-corrected chi connectivity index (χ3v) is 3.97. The number of imidazole rings is 1. The van der Waals surface area contributed by atoms with Crippen molar-refractivity contribution in [3.05, 3.63) is 59.0 Å². The summed E-state index contributed by atoms with van der Waals surface area (Å²) in [4.78, 5) is 11.3. The van der Waals surface area contributed by atoms with Gasteiger partial charge in [0.2, 0.25) is 0 Å². The molecule has 0 aliphatic carbocycles. The lowest BCUT2D eigenvalue weighted by Gasteiger charge is -2.14. The van der Waals surface area contributed by atoms with E-state index in [1.54, 1.807) is 0 Å². The number of fused-ring (bicyclic) bond motifs is 1. The van der Waals surface area contributed by atoms with E-state index in [1.807, 2.05) is 6.20 Å². The highest BCUT2D eigenvalue weighted by Crippen LogP contribution is 2.21. The van der Waals surface area contributed by atoms with Crippen molar-refractivity contribution in [2.75, 3.05) is 14.1 Å². The summed E-state index contributed by atoms with van der Waals surface area (Å²) in [6, 6.07) is 10.6. The van der Waals surface area contributed by atoms with Crippen molar-refractivity contribution in [2.24, 2.45) is 0 Å². The highest BCUT2D eigenvalue weighted by molar-refractivity contribution is 5.75.